The summed E-state index contributed by atoms with van der Waals surface area (Å²) < 4.78 is 7.76. The Balaban J connectivity index is 1.07. The highest BCUT2D eigenvalue weighted by Gasteiger charge is 2.47. The quantitative estimate of drug-likeness (QED) is 0.195. The fraction of sp³-hybridized carbons (Fsp3) is 0.387. The van der Waals surface area contributed by atoms with Crippen LogP contribution in [0.3, 0.4) is 0 Å². The highest BCUT2D eigenvalue weighted by molar-refractivity contribution is 5.87. The third kappa shape index (κ3) is 6.51. The van der Waals surface area contributed by atoms with Gasteiger partial charge in [0.15, 0.2) is 0 Å². The van der Waals surface area contributed by atoms with E-state index in [1.807, 2.05) is 59.3 Å². The molecule has 0 spiro atoms. The molecule has 2 heterocycles. The normalized spacial score (nSPS) is 20.3. The Bertz CT molecular complexity index is 1450. The molecule has 4 aromatic rings. The lowest BCUT2D eigenvalue weighted by Crippen LogP contribution is -2.40. The number of ether oxygens (including phenoxy) is 1. The van der Waals surface area contributed by atoms with Crippen molar-refractivity contribution in [3.8, 4) is 11.5 Å². The van der Waals surface area contributed by atoms with Gasteiger partial charge in [-0.2, -0.15) is 0 Å². The zero-order chi connectivity index (χ0) is 28.8. The van der Waals surface area contributed by atoms with Gasteiger partial charge >= 0.3 is 0 Å². The second-order valence-corrected chi connectivity index (χ2v) is 10.5. The highest BCUT2D eigenvalue weighted by Crippen LogP contribution is 2.38. The number of anilines is 1. The Labute approximate surface area is 240 Å². The van der Waals surface area contributed by atoms with Crippen molar-refractivity contribution in [3.63, 3.8) is 0 Å². The fourth-order valence-electron chi connectivity index (χ4n) is 5.55. The molecule has 1 aliphatic rings. The van der Waals surface area contributed by atoms with E-state index in [1.165, 1.54) is 11.9 Å². The van der Waals surface area contributed by atoms with Crippen molar-refractivity contribution in [3.05, 3.63) is 78.8 Å². The summed E-state index contributed by atoms with van der Waals surface area (Å²) in [5.74, 6) is 1.48. The van der Waals surface area contributed by atoms with Crippen LogP contribution in [0, 0.1) is 5.92 Å². The van der Waals surface area contributed by atoms with Crippen molar-refractivity contribution in [2.45, 2.75) is 37.5 Å². The third-order valence-electron chi connectivity index (χ3n) is 7.76. The molecule has 0 unspecified atom stereocenters. The molecule has 1 saturated carbocycles. The Morgan fingerprint density at radius 1 is 1.05 bits per heavy atom. The summed E-state index contributed by atoms with van der Waals surface area (Å²) in [4.78, 5) is 23.5. The van der Waals surface area contributed by atoms with E-state index in [4.69, 9.17) is 4.74 Å². The zero-order valence-electron chi connectivity index (χ0n) is 23.5. The maximum atomic E-state index is 13.2. The van der Waals surface area contributed by atoms with E-state index in [-0.39, 0.29) is 5.91 Å². The van der Waals surface area contributed by atoms with Crippen molar-refractivity contribution in [1.29, 1.82) is 0 Å². The maximum absolute atomic E-state index is 13.2. The van der Waals surface area contributed by atoms with Gasteiger partial charge in [-0.3, -0.25) is 4.79 Å². The minimum atomic E-state index is -1.14. The number of aliphatic hydroxyl groups is 2. The first kappa shape index (κ1) is 28.5. The molecule has 0 aliphatic heterocycles. The third-order valence-corrected chi connectivity index (χ3v) is 7.76. The standard InChI is InChI=1S/C31H38N6O4/c1-32-29-24-13-17-37(30(24)35-20-34-29)26-19-25(27(38)28(26)39)31(40)36(2)16-7-14-33-15-12-21-8-6-11-23(18-21)41-22-9-4-3-5-10-22/h3-6,8-11,13,17-18,20,25-28,33,38-39H,7,12,14-16,19H2,1-2H3,(H,32,34,35)/t25-,26+,27+,28-/m0/s1. The largest absolute Gasteiger partial charge is 0.457 e. The number of benzene rings is 2. The molecule has 5 rings (SSSR count). The Morgan fingerprint density at radius 3 is 2.66 bits per heavy atom. The number of nitrogens with one attached hydrogen (secondary N) is 2. The summed E-state index contributed by atoms with van der Waals surface area (Å²) in [6, 6.07) is 19.2. The van der Waals surface area contributed by atoms with E-state index in [0.29, 0.717) is 24.4 Å². The van der Waals surface area contributed by atoms with E-state index in [0.717, 1.165) is 42.8 Å². The predicted octanol–water partition coefficient (Wildman–Crippen LogP) is 3.23. The topological polar surface area (TPSA) is 125 Å². The maximum Gasteiger partial charge on any atom is 0.228 e. The lowest BCUT2D eigenvalue weighted by Gasteiger charge is -2.23. The summed E-state index contributed by atoms with van der Waals surface area (Å²) in [7, 11) is 3.54. The van der Waals surface area contributed by atoms with Crippen LogP contribution >= 0.6 is 0 Å². The average molecular weight is 559 g/mol. The van der Waals surface area contributed by atoms with Crippen LogP contribution in [-0.4, -0.2) is 81.5 Å². The summed E-state index contributed by atoms with van der Waals surface area (Å²) in [6.45, 7) is 2.13. The molecule has 10 nitrogen and oxygen atoms in total. The number of carbonyl (C=O) groups excluding carboxylic acids is 1. The summed E-state index contributed by atoms with van der Waals surface area (Å²) in [5, 5.41) is 29.0. The number of fused-ring (bicyclic) bond motifs is 1. The number of amides is 1. The molecule has 1 aliphatic carbocycles. The molecule has 2 aromatic carbocycles. The summed E-state index contributed by atoms with van der Waals surface area (Å²) in [5.41, 5.74) is 1.84. The first-order valence-corrected chi connectivity index (χ1v) is 14.1. The van der Waals surface area contributed by atoms with Gasteiger partial charge in [0.05, 0.1) is 23.4 Å². The number of para-hydroxylation sites is 1. The van der Waals surface area contributed by atoms with Crippen LogP contribution in [0.25, 0.3) is 11.0 Å². The predicted molar refractivity (Wildman–Crippen MR) is 158 cm³/mol. The Hall–Kier alpha value is -3.99. The molecule has 0 bridgehead atoms. The van der Waals surface area contributed by atoms with Gasteiger partial charge in [0.25, 0.3) is 0 Å². The van der Waals surface area contributed by atoms with Crippen molar-refractivity contribution in [1.82, 2.24) is 24.8 Å². The molecule has 1 fully saturated rings. The molecular formula is C31H38N6O4. The number of carbonyl (C=O) groups is 1. The molecule has 2 aromatic heterocycles. The molecule has 0 radical (unpaired) electrons. The molecule has 41 heavy (non-hydrogen) atoms. The second-order valence-electron chi connectivity index (χ2n) is 10.5. The molecule has 0 saturated heterocycles. The van der Waals surface area contributed by atoms with E-state index in [2.05, 4.69) is 32.7 Å². The van der Waals surface area contributed by atoms with Gasteiger partial charge in [0, 0.05) is 26.8 Å². The lowest BCUT2D eigenvalue weighted by molar-refractivity contribution is -0.138. The van der Waals surface area contributed by atoms with Crippen LogP contribution in [-0.2, 0) is 11.2 Å². The summed E-state index contributed by atoms with van der Waals surface area (Å²) in [6.07, 6.45) is 3.06. The highest BCUT2D eigenvalue weighted by atomic mass is 16.5. The molecule has 1 amide bonds. The van der Waals surface area contributed by atoms with Crippen LogP contribution in [0.15, 0.2) is 73.2 Å². The van der Waals surface area contributed by atoms with Crippen LogP contribution in [0.2, 0.25) is 0 Å². The minimum absolute atomic E-state index is 0.156. The van der Waals surface area contributed by atoms with Crippen LogP contribution in [0.5, 0.6) is 11.5 Å². The Kier molecular flexibility index (Phi) is 9.13. The second kappa shape index (κ2) is 13.1. The van der Waals surface area contributed by atoms with E-state index in [1.54, 1.807) is 19.0 Å². The first-order valence-electron chi connectivity index (χ1n) is 14.1. The number of aliphatic hydroxyl groups excluding tert-OH is 2. The molecule has 10 heteroatoms. The Morgan fingerprint density at radius 2 is 1.85 bits per heavy atom. The number of hydrogen-bond acceptors (Lipinski definition) is 8. The minimum Gasteiger partial charge on any atom is -0.457 e. The zero-order valence-corrected chi connectivity index (χ0v) is 23.5. The number of nitrogens with zero attached hydrogens (tertiary/aromatic N) is 4. The van der Waals surface area contributed by atoms with Crippen molar-refractivity contribution in [2.75, 3.05) is 39.0 Å². The molecular weight excluding hydrogens is 520 g/mol. The smallest absolute Gasteiger partial charge is 0.228 e. The van der Waals surface area contributed by atoms with Crippen molar-refractivity contribution in [2.24, 2.45) is 5.92 Å². The average Bonchev–Trinajstić information content (AvgIpc) is 3.55. The SMILES string of the molecule is CNc1ncnc2c1ccn2[C@@H]1C[C@H](C(=O)N(C)CCCNCCc2cccc(Oc3ccccc3)c2)[C@@H](O)[C@H]1O. The van der Waals surface area contributed by atoms with Crippen LogP contribution in [0.4, 0.5) is 5.82 Å². The molecule has 4 atom stereocenters. The van der Waals surface area contributed by atoms with Gasteiger partial charge in [-0.1, -0.05) is 30.3 Å². The van der Waals surface area contributed by atoms with Gasteiger partial charge in [-0.15, -0.1) is 0 Å². The fourth-order valence-corrected chi connectivity index (χ4v) is 5.55. The van der Waals surface area contributed by atoms with E-state index < -0.39 is 24.2 Å². The van der Waals surface area contributed by atoms with Gasteiger partial charge in [-0.05, 0) is 68.2 Å². The van der Waals surface area contributed by atoms with E-state index in [9.17, 15) is 15.0 Å². The molecule has 216 valence electrons. The van der Waals surface area contributed by atoms with Crippen molar-refractivity contribution >= 4 is 22.8 Å². The number of aromatic nitrogens is 3. The lowest BCUT2D eigenvalue weighted by atomic mass is 10.0. The summed E-state index contributed by atoms with van der Waals surface area (Å²) >= 11 is 0. The van der Waals surface area contributed by atoms with E-state index >= 15 is 0 Å². The van der Waals surface area contributed by atoms with Gasteiger partial charge < -0.3 is 35.1 Å². The first-order chi connectivity index (χ1) is 20.0. The number of hydrogen-bond donors (Lipinski definition) is 4. The van der Waals surface area contributed by atoms with Gasteiger partial charge in [0.2, 0.25) is 5.91 Å². The van der Waals surface area contributed by atoms with Gasteiger partial charge in [0.1, 0.15) is 35.4 Å². The monoisotopic (exact) mass is 558 g/mol. The number of rotatable bonds is 12. The van der Waals surface area contributed by atoms with Gasteiger partial charge in [-0.25, -0.2) is 9.97 Å². The van der Waals surface area contributed by atoms with Crippen LogP contribution < -0.4 is 15.4 Å². The molecule has 4 N–H and O–H groups in total. The van der Waals surface area contributed by atoms with Crippen molar-refractivity contribution < 1.29 is 19.7 Å². The van der Waals surface area contributed by atoms with Crippen LogP contribution in [0.1, 0.15) is 24.4 Å².